The molecule has 0 atom stereocenters. The van der Waals surface area contributed by atoms with E-state index in [-0.39, 0.29) is 18.0 Å². The molecule has 0 aliphatic heterocycles. The van der Waals surface area contributed by atoms with Crippen molar-refractivity contribution < 1.29 is 19.0 Å². The molecule has 7 nitrogen and oxygen atoms in total. The van der Waals surface area contributed by atoms with E-state index < -0.39 is 0 Å². The number of carbonyl (C=O) groups excluding carboxylic acids is 1. The molecule has 0 fully saturated rings. The fourth-order valence-electron chi connectivity index (χ4n) is 2.52. The molecule has 0 unspecified atom stereocenters. The molecule has 0 aliphatic carbocycles. The van der Waals surface area contributed by atoms with Crippen molar-refractivity contribution in [1.29, 1.82) is 0 Å². The molecule has 0 saturated heterocycles. The zero-order valence-electron chi connectivity index (χ0n) is 15.7. The van der Waals surface area contributed by atoms with E-state index in [4.69, 9.17) is 14.2 Å². The van der Waals surface area contributed by atoms with Crippen molar-refractivity contribution in [3.05, 3.63) is 54.1 Å². The Morgan fingerprint density at radius 3 is 2.19 bits per heavy atom. The molecule has 0 bridgehead atoms. The Kier molecular flexibility index (Phi) is 5.40. The minimum Gasteiger partial charge on any atom is -0.497 e. The highest BCUT2D eigenvalue weighted by Gasteiger charge is 2.21. The largest absolute Gasteiger partial charge is 0.497 e. The molecule has 140 valence electrons. The van der Waals surface area contributed by atoms with E-state index in [2.05, 4.69) is 10.1 Å². The highest BCUT2D eigenvalue weighted by molar-refractivity contribution is 5.98. The molecule has 0 N–H and O–H groups in total. The molecule has 0 radical (unpaired) electrons. The Labute approximate surface area is 157 Å². The highest BCUT2D eigenvalue weighted by Crippen LogP contribution is 2.26. The fourth-order valence-corrected chi connectivity index (χ4v) is 2.52. The van der Waals surface area contributed by atoms with Gasteiger partial charge in [-0.05, 0) is 26.0 Å². The summed E-state index contributed by atoms with van der Waals surface area (Å²) < 4.78 is 17.3. The fraction of sp³-hybridized carbons (Fsp3) is 0.250. The van der Waals surface area contributed by atoms with Crippen molar-refractivity contribution in [2.45, 2.75) is 20.0 Å². The van der Waals surface area contributed by atoms with Gasteiger partial charge in [-0.15, -0.1) is 5.10 Å². The molecule has 7 heteroatoms. The molecule has 2 aromatic carbocycles. The first-order valence-electron chi connectivity index (χ1n) is 8.48. The van der Waals surface area contributed by atoms with Crippen LogP contribution in [0.5, 0.6) is 17.5 Å². The predicted octanol–water partition coefficient (Wildman–Crippen LogP) is 3.44. The van der Waals surface area contributed by atoms with E-state index in [0.717, 1.165) is 5.56 Å². The van der Waals surface area contributed by atoms with Gasteiger partial charge >= 0.3 is 6.01 Å². The molecule has 0 saturated carbocycles. The maximum Gasteiger partial charge on any atom is 0.336 e. The van der Waals surface area contributed by atoms with Crippen molar-refractivity contribution in [1.82, 2.24) is 14.8 Å². The zero-order valence-corrected chi connectivity index (χ0v) is 15.7. The SMILES string of the molecule is COc1cc(OC)cc(C(=O)n2nc(OC(C)C)nc2-c2ccccc2)c1. The molecule has 3 aromatic rings. The quantitative estimate of drug-likeness (QED) is 0.664. The van der Waals surface area contributed by atoms with Crippen molar-refractivity contribution in [2.75, 3.05) is 14.2 Å². The third kappa shape index (κ3) is 4.08. The van der Waals surface area contributed by atoms with Crippen LogP contribution in [0, 0.1) is 0 Å². The molecule has 1 heterocycles. The van der Waals surface area contributed by atoms with Gasteiger partial charge in [-0.1, -0.05) is 30.3 Å². The van der Waals surface area contributed by atoms with Crippen LogP contribution in [-0.4, -0.2) is 41.0 Å². The molecular formula is C20H21N3O4. The lowest BCUT2D eigenvalue weighted by atomic mass is 10.1. The predicted molar refractivity (Wildman–Crippen MR) is 100 cm³/mol. The number of benzene rings is 2. The Morgan fingerprint density at radius 2 is 1.63 bits per heavy atom. The summed E-state index contributed by atoms with van der Waals surface area (Å²) in [7, 11) is 3.06. The summed E-state index contributed by atoms with van der Waals surface area (Å²) in [5, 5.41) is 4.27. The minimum absolute atomic E-state index is 0.114. The maximum absolute atomic E-state index is 13.2. The molecule has 1 aromatic heterocycles. The number of aromatic nitrogens is 3. The second-order valence-electron chi connectivity index (χ2n) is 6.07. The van der Waals surface area contributed by atoms with Gasteiger partial charge in [0.25, 0.3) is 5.91 Å². The molecule has 0 amide bonds. The van der Waals surface area contributed by atoms with E-state index in [9.17, 15) is 4.79 Å². The number of nitrogens with zero attached hydrogens (tertiary/aromatic N) is 3. The van der Waals surface area contributed by atoms with Crippen LogP contribution in [0.4, 0.5) is 0 Å². The number of hydrogen-bond donors (Lipinski definition) is 0. The molecule has 0 spiro atoms. The minimum atomic E-state index is -0.364. The second kappa shape index (κ2) is 7.90. The van der Waals surface area contributed by atoms with Crippen molar-refractivity contribution >= 4 is 5.91 Å². The van der Waals surface area contributed by atoms with Crippen LogP contribution in [0.15, 0.2) is 48.5 Å². The third-order valence-corrected chi connectivity index (χ3v) is 3.75. The molecular weight excluding hydrogens is 346 g/mol. The monoisotopic (exact) mass is 367 g/mol. The summed E-state index contributed by atoms with van der Waals surface area (Å²) in [5.74, 6) is 1.06. The first-order chi connectivity index (χ1) is 13.0. The molecule has 27 heavy (non-hydrogen) atoms. The lowest BCUT2D eigenvalue weighted by Gasteiger charge is -2.09. The van der Waals surface area contributed by atoms with E-state index in [1.165, 1.54) is 18.9 Å². The number of methoxy groups -OCH3 is 2. The number of ether oxygens (including phenoxy) is 3. The van der Waals surface area contributed by atoms with Crippen molar-refractivity contribution in [3.63, 3.8) is 0 Å². The number of carbonyl (C=O) groups is 1. The van der Waals surface area contributed by atoms with Gasteiger partial charge in [-0.25, -0.2) is 0 Å². The van der Waals surface area contributed by atoms with Crippen LogP contribution in [0.3, 0.4) is 0 Å². The van der Waals surface area contributed by atoms with E-state index in [1.807, 2.05) is 44.2 Å². The van der Waals surface area contributed by atoms with Gasteiger partial charge in [0.2, 0.25) is 0 Å². The van der Waals surface area contributed by atoms with E-state index in [1.54, 1.807) is 18.2 Å². The second-order valence-corrected chi connectivity index (χ2v) is 6.07. The number of hydrogen-bond acceptors (Lipinski definition) is 6. The summed E-state index contributed by atoms with van der Waals surface area (Å²) in [4.78, 5) is 17.6. The van der Waals surface area contributed by atoms with Gasteiger partial charge in [0, 0.05) is 17.2 Å². The zero-order chi connectivity index (χ0) is 19.4. The average Bonchev–Trinajstić information content (AvgIpc) is 3.10. The van der Waals surface area contributed by atoms with Crippen LogP contribution in [0.1, 0.15) is 24.2 Å². The maximum atomic E-state index is 13.2. The van der Waals surface area contributed by atoms with E-state index in [0.29, 0.717) is 22.9 Å². The van der Waals surface area contributed by atoms with Gasteiger partial charge in [-0.2, -0.15) is 9.67 Å². The van der Waals surface area contributed by atoms with Gasteiger partial charge in [0.1, 0.15) is 11.5 Å². The standard InChI is InChI=1S/C20H21N3O4/c1-13(2)27-20-21-18(14-8-6-5-7-9-14)23(22-20)19(24)15-10-16(25-3)12-17(11-15)26-4/h5-13H,1-4H3. The highest BCUT2D eigenvalue weighted by atomic mass is 16.5. The average molecular weight is 367 g/mol. The first kappa shape index (κ1) is 18.4. The summed E-state index contributed by atoms with van der Waals surface area (Å²) in [5.41, 5.74) is 1.12. The molecule has 3 rings (SSSR count). The Hall–Kier alpha value is -3.35. The summed E-state index contributed by atoms with van der Waals surface area (Å²) in [6, 6.07) is 14.5. The van der Waals surface area contributed by atoms with Crippen molar-refractivity contribution in [2.24, 2.45) is 0 Å². The molecule has 0 aliphatic rings. The normalized spacial score (nSPS) is 10.7. The van der Waals surface area contributed by atoms with Gasteiger partial charge in [-0.3, -0.25) is 4.79 Å². The van der Waals surface area contributed by atoms with Crippen molar-refractivity contribution in [3.8, 4) is 28.9 Å². The van der Waals surface area contributed by atoms with Crippen LogP contribution in [0.2, 0.25) is 0 Å². The summed E-state index contributed by atoms with van der Waals surface area (Å²) >= 11 is 0. The first-order valence-corrected chi connectivity index (χ1v) is 8.48. The summed E-state index contributed by atoms with van der Waals surface area (Å²) in [6.45, 7) is 3.75. The topological polar surface area (TPSA) is 75.5 Å². The van der Waals surface area contributed by atoms with Crippen LogP contribution in [-0.2, 0) is 0 Å². The lowest BCUT2D eigenvalue weighted by Crippen LogP contribution is -2.16. The third-order valence-electron chi connectivity index (χ3n) is 3.75. The van der Waals surface area contributed by atoms with Gasteiger partial charge in [0.05, 0.1) is 20.3 Å². The van der Waals surface area contributed by atoms with Crippen LogP contribution < -0.4 is 14.2 Å². The van der Waals surface area contributed by atoms with Crippen LogP contribution >= 0.6 is 0 Å². The smallest absolute Gasteiger partial charge is 0.336 e. The Bertz CT molecular complexity index is 913. The van der Waals surface area contributed by atoms with Crippen LogP contribution in [0.25, 0.3) is 11.4 Å². The summed E-state index contributed by atoms with van der Waals surface area (Å²) in [6.07, 6.45) is -0.114. The number of rotatable bonds is 6. The Balaban J connectivity index is 2.09. The Morgan fingerprint density at radius 1 is 1.00 bits per heavy atom. The lowest BCUT2D eigenvalue weighted by molar-refractivity contribution is 0.0942. The van der Waals surface area contributed by atoms with Gasteiger partial charge < -0.3 is 14.2 Å². The van der Waals surface area contributed by atoms with E-state index >= 15 is 0 Å². The van der Waals surface area contributed by atoms with Gasteiger partial charge in [0.15, 0.2) is 5.82 Å².